The second kappa shape index (κ2) is 4.40. The highest BCUT2D eigenvalue weighted by Gasteiger charge is 2.41. The first-order chi connectivity index (χ1) is 6.40. The lowest BCUT2D eigenvalue weighted by atomic mass is 10.2. The number of ether oxygens (including phenoxy) is 2. The van der Waals surface area contributed by atoms with Crippen molar-refractivity contribution in [3.8, 4) is 0 Å². The molecule has 0 aromatic heterocycles. The van der Waals surface area contributed by atoms with Gasteiger partial charge in [-0.25, -0.2) is 0 Å². The topological polar surface area (TPSA) is 33.8 Å². The van der Waals surface area contributed by atoms with Crippen LogP contribution in [-0.4, -0.2) is 31.6 Å². The first kappa shape index (κ1) is 9.44. The molecule has 3 atom stereocenters. The second-order valence-corrected chi connectivity index (χ2v) is 3.94. The molecule has 2 rings (SSSR count). The van der Waals surface area contributed by atoms with E-state index in [4.69, 9.17) is 9.47 Å². The average Bonchev–Trinajstić information content (AvgIpc) is 2.62. The molecular weight excluding hydrogens is 166 g/mol. The van der Waals surface area contributed by atoms with Crippen molar-refractivity contribution in [2.45, 2.75) is 51.1 Å². The van der Waals surface area contributed by atoms with Gasteiger partial charge >= 0.3 is 0 Å². The van der Waals surface area contributed by atoms with Crippen molar-refractivity contribution in [1.82, 2.24) is 5.32 Å². The molecule has 1 N–H and O–H groups in total. The Morgan fingerprint density at radius 2 is 2.46 bits per heavy atom. The SMILES string of the molecule is CCCCC1OC1OC1CCNC1. The zero-order valence-corrected chi connectivity index (χ0v) is 8.29. The van der Waals surface area contributed by atoms with Crippen LogP contribution in [0.25, 0.3) is 0 Å². The van der Waals surface area contributed by atoms with Crippen molar-refractivity contribution < 1.29 is 9.47 Å². The zero-order valence-electron chi connectivity index (χ0n) is 8.29. The molecule has 76 valence electrons. The number of nitrogens with one attached hydrogen (secondary N) is 1. The van der Waals surface area contributed by atoms with Crippen molar-refractivity contribution in [3.63, 3.8) is 0 Å². The summed E-state index contributed by atoms with van der Waals surface area (Å²) in [4.78, 5) is 0. The first-order valence-electron chi connectivity index (χ1n) is 5.42. The van der Waals surface area contributed by atoms with Crippen molar-refractivity contribution >= 4 is 0 Å². The van der Waals surface area contributed by atoms with Gasteiger partial charge in [0.1, 0.15) is 6.10 Å². The smallest absolute Gasteiger partial charge is 0.184 e. The fourth-order valence-corrected chi connectivity index (χ4v) is 1.79. The Labute approximate surface area is 79.8 Å². The van der Waals surface area contributed by atoms with E-state index in [1.54, 1.807) is 0 Å². The van der Waals surface area contributed by atoms with Gasteiger partial charge in [-0.05, 0) is 19.4 Å². The first-order valence-corrected chi connectivity index (χ1v) is 5.42. The van der Waals surface area contributed by atoms with Crippen LogP contribution in [0.1, 0.15) is 32.6 Å². The molecular formula is C10H19NO2. The van der Waals surface area contributed by atoms with Gasteiger partial charge in [-0.2, -0.15) is 0 Å². The van der Waals surface area contributed by atoms with E-state index in [0.29, 0.717) is 12.2 Å². The molecule has 0 aliphatic carbocycles. The van der Waals surface area contributed by atoms with Gasteiger partial charge in [-0.1, -0.05) is 19.8 Å². The van der Waals surface area contributed by atoms with E-state index in [1.807, 2.05) is 0 Å². The Bertz CT molecular complexity index is 157. The molecule has 2 fully saturated rings. The van der Waals surface area contributed by atoms with Gasteiger partial charge in [-0.3, -0.25) is 0 Å². The second-order valence-electron chi connectivity index (χ2n) is 3.94. The summed E-state index contributed by atoms with van der Waals surface area (Å²) in [6.07, 6.45) is 5.74. The van der Waals surface area contributed by atoms with Gasteiger partial charge in [0.25, 0.3) is 0 Å². The van der Waals surface area contributed by atoms with Crippen LogP contribution >= 0.6 is 0 Å². The number of hydrogen-bond donors (Lipinski definition) is 1. The van der Waals surface area contributed by atoms with Crippen LogP contribution in [0, 0.1) is 0 Å². The summed E-state index contributed by atoms with van der Waals surface area (Å²) in [5.41, 5.74) is 0. The Kier molecular flexibility index (Phi) is 3.19. The van der Waals surface area contributed by atoms with Crippen molar-refractivity contribution in [3.05, 3.63) is 0 Å². The van der Waals surface area contributed by atoms with Crippen LogP contribution in [0.4, 0.5) is 0 Å². The molecule has 3 nitrogen and oxygen atoms in total. The highest BCUT2D eigenvalue weighted by molar-refractivity contribution is 4.80. The lowest BCUT2D eigenvalue weighted by Gasteiger charge is -2.06. The molecule has 0 saturated carbocycles. The molecule has 3 unspecified atom stereocenters. The molecule has 0 bridgehead atoms. The normalized spacial score (nSPS) is 38.1. The van der Waals surface area contributed by atoms with E-state index in [9.17, 15) is 0 Å². The average molecular weight is 185 g/mol. The number of epoxide rings is 1. The minimum absolute atomic E-state index is 0.122. The lowest BCUT2D eigenvalue weighted by Crippen LogP contribution is -2.19. The van der Waals surface area contributed by atoms with Gasteiger partial charge in [0.05, 0.1) is 6.10 Å². The van der Waals surface area contributed by atoms with E-state index in [0.717, 1.165) is 19.5 Å². The number of unbranched alkanes of at least 4 members (excludes halogenated alkanes) is 1. The van der Waals surface area contributed by atoms with Crippen LogP contribution < -0.4 is 5.32 Å². The molecule has 0 aromatic carbocycles. The third-order valence-corrected chi connectivity index (χ3v) is 2.72. The molecule has 0 radical (unpaired) electrons. The largest absolute Gasteiger partial charge is 0.345 e. The minimum atomic E-state index is 0.122. The van der Waals surface area contributed by atoms with Gasteiger partial charge in [0.15, 0.2) is 6.29 Å². The predicted octanol–water partition coefficient (Wildman–Crippen LogP) is 1.28. The molecule has 3 heteroatoms. The third kappa shape index (κ3) is 2.66. The molecule has 13 heavy (non-hydrogen) atoms. The maximum atomic E-state index is 5.75. The lowest BCUT2D eigenvalue weighted by molar-refractivity contribution is -0.000544. The predicted molar refractivity (Wildman–Crippen MR) is 50.5 cm³/mol. The summed E-state index contributed by atoms with van der Waals surface area (Å²) < 4.78 is 11.2. The van der Waals surface area contributed by atoms with Crippen LogP contribution in [0.2, 0.25) is 0 Å². The monoisotopic (exact) mass is 185 g/mol. The Balaban J connectivity index is 1.57. The quantitative estimate of drug-likeness (QED) is 0.655. The van der Waals surface area contributed by atoms with Gasteiger partial charge in [0.2, 0.25) is 0 Å². The zero-order chi connectivity index (χ0) is 9.10. The molecule has 2 heterocycles. The molecule has 2 aliphatic rings. The van der Waals surface area contributed by atoms with Gasteiger partial charge < -0.3 is 14.8 Å². The summed E-state index contributed by atoms with van der Waals surface area (Å²) in [5.74, 6) is 0. The van der Waals surface area contributed by atoms with Gasteiger partial charge in [0, 0.05) is 6.54 Å². The standard InChI is InChI=1S/C10H19NO2/c1-2-3-4-9-10(13-9)12-8-5-6-11-7-8/h8-11H,2-7H2,1H3. The van der Waals surface area contributed by atoms with Crippen molar-refractivity contribution in [1.29, 1.82) is 0 Å². The van der Waals surface area contributed by atoms with Crippen LogP contribution in [-0.2, 0) is 9.47 Å². The van der Waals surface area contributed by atoms with Crippen molar-refractivity contribution in [2.75, 3.05) is 13.1 Å². The highest BCUT2D eigenvalue weighted by atomic mass is 16.8. The fraction of sp³-hybridized carbons (Fsp3) is 1.00. The molecule has 0 aromatic rings. The van der Waals surface area contributed by atoms with E-state index in [2.05, 4.69) is 12.2 Å². The fourth-order valence-electron chi connectivity index (χ4n) is 1.79. The summed E-state index contributed by atoms with van der Waals surface area (Å²) in [6, 6.07) is 0. The van der Waals surface area contributed by atoms with E-state index in [-0.39, 0.29) is 6.29 Å². The Morgan fingerprint density at radius 1 is 1.54 bits per heavy atom. The van der Waals surface area contributed by atoms with Gasteiger partial charge in [-0.15, -0.1) is 0 Å². The summed E-state index contributed by atoms with van der Waals surface area (Å²) in [5, 5.41) is 3.28. The number of hydrogen-bond acceptors (Lipinski definition) is 3. The van der Waals surface area contributed by atoms with E-state index in [1.165, 1.54) is 19.3 Å². The maximum absolute atomic E-state index is 5.75. The van der Waals surface area contributed by atoms with E-state index < -0.39 is 0 Å². The Morgan fingerprint density at radius 3 is 3.15 bits per heavy atom. The molecule has 0 spiro atoms. The minimum Gasteiger partial charge on any atom is -0.345 e. The van der Waals surface area contributed by atoms with Crippen molar-refractivity contribution in [2.24, 2.45) is 0 Å². The molecule has 2 aliphatic heterocycles. The summed E-state index contributed by atoms with van der Waals surface area (Å²) >= 11 is 0. The number of rotatable bonds is 5. The third-order valence-electron chi connectivity index (χ3n) is 2.72. The molecule has 0 amide bonds. The Hall–Kier alpha value is -0.120. The van der Waals surface area contributed by atoms with E-state index >= 15 is 0 Å². The highest BCUT2D eigenvalue weighted by Crippen LogP contribution is 2.29. The summed E-state index contributed by atoms with van der Waals surface area (Å²) in [6.45, 7) is 4.30. The van der Waals surface area contributed by atoms with Crippen LogP contribution in [0.3, 0.4) is 0 Å². The van der Waals surface area contributed by atoms with Crippen LogP contribution in [0.15, 0.2) is 0 Å². The maximum Gasteiger partial charge on any atom is 0.184 e. The summed E-state index contributed by atoms with van der Waals surface area (Å²) in [7, 11) is 0. The molecule has 2 saturated heterocycles. The van der Waals surface area contributed by atoms with Crippen LogP contribution in [0.5, 0.6) is 0 Å².